The number of hydrogen-bond donors (Lipinski definition) is 1. The Morgan fingerprint density at radius 3 is 2.95 bits per heavy atom. The summed E-state index contributed by atoms with van der Waals surface area (Å²) in [5, 5.41) is 11.6. The summed E-state index contributed by atoms with van der Waals surface area (Å²) >= 11 is 0. The summed E-state index contributed by atoms with van der Waals surface area (Å²) in [5.74, 6) is 0.701. The topological polar surface area (TPSA) is 77.0 Å². The van der Waals surface area contributed by atoms with Gasteiger partial charge in [0.05, 0.1) is 5.52 Å². The van der Waals surface area contributed by atoms with Gasteiger partial charge < -0.3 is 10.1 Å². The average Bonchev–Trinajstić information content (AvgIpc) is 2.54. The van der Waals surface area contributed by atoms with Crippen LogP contribution in [0.3, 0.4) is 0 Å². The standard InChI is InChI=1S/C15H10N4O2/c20-13-8-21-14-11-6-9(10-2-1-5-16-7-10)3-4-12(11)18-19-15(14)17-13/h1-7H,8H2,(H,17,19,20). The van der Waals surface area contributed by atoms with Crippen molar-refractivity contribution >= 4 is 22.6 Å². The van der Waals surface area contributed by atoms with Crippen LogP contribution in [-0.2, 0) is 4.79 Å². The van der Waals surface area contributed by atoms with E-state index in [-0.39, 0.29) is 12.5 Å². The number of ether oxygens (including phenoxy) is 1. The van der Waals surface area contributed by atoms with E-state index in [4.69, 9.17) is 4.74 Å². The molecule has 1 aliphatic rings. The van der Waals surface area contributed by atoms with Gasteiger partial charge in [-0.25, -0.2) is 0 Å². The first-order valence-electron chi connectivity index (χ1n) is 6.45. The van der Waals surface area contributed by atoms with E-state index in [9.17, 15) is 4.79 Å². The molecule has 6 heteroatoms. The van der Waals surface area contributed by atoms with E-state index in [0.717, 1.165) is 22.0 Å². The van der Waals surface area contributed by atoms with Crippen molar-refractivity contribution in [3.05, 3.63) is 42.7 Å². The molecular weight excluding hydrogens is 268 g/mol. The van der Waals surface area contributed by atoms with E-state index in [1.165, 1.54) is 0 Å². The number of aromatic nitrogens is 3. The van der Waals surface area contributed by atoms with Gasteiger partial charge in [-0.1, -0.05) is 12.1 Å². The molecule has 6 nitrogen and oxygen atoms in total. The Morgan fingerprint density at radius 2 is 2.10 bits per heavy atom. The molecule has 3 heterocycles. The van der Waals surface area contributed by atoms with Gasteiger partial charge in [0.1, 0.15) is 0 Å². The number of carbonyl (C=O) groups excluding carboxylic acids is 1. The van der Waals surface area contributed by atoms with Crippen molar-refractivity contribution in [3.63, 3.8) is 0 Å². The zero-order valence-electron chi connectivity index (χ0n) is 10.9. The van der Waals surface area contributed by atoms with E-state index < -0.39 is 0 Å². The second kappa shape index (κ2) is 4.52. The summed E-state index contributed by atoms with van der Waals surface area (Å²) < 4.78 is 5.51. The average molecular weight is 278 g/mol. The summed E-state index contributed by atoms with van der Waals surface area (Å²) in [6.45, 7) is -0.00901. The van der Waals surface area contributed by atoms with Gasteiger partial charge in [0, 0.05) is 23.3 Å². The molecule has 0 spiro atoms. The predicted octanol–water partition coefficient (Wildman–Crippen LogP) is 2.02. The van der Waals surface area contributed by atoms with Gasteiger partial charge in [-0.15, -0.1) is 10.2 Å². The zero-order chi connectivity index (χ0) is 14.2. The van der Waals surface area contributed by atoms with Crippen LogP contribution >= 0.6 is 0 Å². The monoisotopic (exact) mass is 278 g/mol. The Balaban J connectivity index is 1.92. The Morgan fingerprint density at radius 1 is 1.14 bits per heavy atom. The minimum atomic E-state index is -0.223. The molecule has 2 aromatic heterocycles. The van der Waals surface area contributed by atoms with Crippen LogP contribution in [0.15, 0.2) is 42.7 Å². The second-order valence-electron chi connectivity index (χ2n) is 4.69. The number of amides is 1. The molecule has 3 aromatic rings. The number of anilines is 1. The smallest absolute Gasteiger partial charge is 0.263 e. The highest BCUT2D eigenvalue weighted by molar-refractivity contribution is 6.00. The van der Waals surface area contributed by atoms with Gasteiger partial charge in [-0.05, 0) is 23.8 Å². The van der Waals surface area contributed by atoms with E-state index in [0.29, 0.717) is 11.6 Å². The molecule has 4 rings (SSSR count). The molecular formula is C15H10N4O2. The van der Waals surface area contributed by atoms with Crippen molar-refractivity contribution in [2.45, 2.75) is 0 Å². The number of hydrogen-bond acceptors (Lipinski definition) is 5. The van der Waals surface area contributed by atoms with Crippen LogP contribution < -0.4 is 10.1 Å². The molecule has 0 aliphatic carbocycles. The molecule has 0 radical (unpaired) electrons. The number of nitrogens with zero attached hydrogens (tertiary/aromatic N) is 3. The van der Waals surface area contributed by atoms with Crippen LogP contribution in [0.25, 0.3) is 22.0 Å². The maximum atomic E-state index is 11.3. The van der Waals surface area contributed by atoms with Gasteiger partial charge >= 0.3 is 0 Å². The van der Waals surface area contributed by atoms with E-state index in [1.807, 2.05) is 30.3 Å². The molecule has 0 saturated carbocycles. The number of nitrogens with one attached hydrogen (secondary N) is 1. The molecule has 1 aromatic carbocycles. The summed E-state index contributed by atoms with van der Waals surface area (Å²) in [7, 11) is 0. The van der Waals surface area contributed by atoms with Crippen molar-refractivity contribution in [1.29, 1.82) is 0 Å². The SMILES string of the molecule is O=C1COc2c(nnc3ccc(-c4cccnc4)cc23)N1. The Hall–Kier alpha value is -3.02. The fraction of sp³-hybridized carbons (Fsp3) is 0.0667. The fourth-order valence-corrected chi connectivity index (χ4v) is 2.33. The van der Waals surface area contributed by atoms with Crippen LogP contribution in [0.2, 0.25) is 0 Å². The van der Waals surface area contributed by atoms with E-state index in [1.54, 1.807) is 12.4 Å². The highest BCUT2D eigenvalue weighted by atomic mass is 16.5. The summed E-state index contributed by atoms with van der Waals surface area (Å²) in [6, 6.07) is 9.68. The molecule has 21 heavy (non-hydrogen) atoms. The van der Waals surface area contributed by atoms with Gasteiger partial charge in [0.25, 0.3) is 5.91 Å². The molecule has 1 aliphatic heterocycles. The van der Waals surface area contributed by atoms with Crippen LogP contribution in [0, 0.1) is 0 Å². The Labute approximate surface area is 119 Å². The molecule has 102 valence electrons. The molecule has 0 fully saturated rings. The highest BCUT2D eigenvalue weighted by Crippen LogP contribution is 2.34. The lowest BCUT2D eigenvalue weighted by molar-refractivity contribution is -0.118. The lowest BCUT2D eigenvalue weighted by atomic mass is 10.0. The largest absolute Gasteiger partial charge is 0.479 e. The number of fused-ring (bicyclic) bond motifs is 3. The van der Waals surface area contributed by atoms with Crippen molar-refractivity contribution in [1.82, 2.24) is 15.2 Å². The number of benzene rings is 1. The molecule has 0 atom stereocenters. The highest BCUT2D eigenvalue weighted by Gasteiger charge is 2.20. The predicted molar refractivity (Wildman–Crippen MR) is 76.9 cm³/mol. The number of rotatable bonds is 1. The van der Waals surface area contributed by atoms with Gasteiger partial charge in [-0.3, -0.25) is 9.78 Å². The Bertz CT molecular complexity index is 849. The second-order valence-corrected chi connectivity index (χ2v) is 4.69. The van der Waals surface area contributed by atoms with Crippen LogP contribution in [0.4, 0.5) is 5.82 Å². The third-order valence-corrected chi connectivity index (χ3v) is 3.31. The van der Waals surface area contributed by atoms with Crippen LogP contribution in [0.1, 0.15) is 0 Å². The summed E-state index contributed by atoms with van der Waals surface area (Å²) in [5.41, 5.74) is 2.73. The first kappa shape index (κ1) is 11.8. The normalized spacial score (nSPS) is 13.4. The quantitative estimate of drug-likeness (QED) is 0.737. The van der Waals surface area contributed by atoms with Gasteiger partial charge in [0.2, 0.25) is 0 Å². The van der Waals surface area contributed by atoms with Gasteiger partial charge in [-0.2, -0.15) is 0 Å². The molecule has 0 unspecified atom stereocenters. The van der Waals surface area contributed by atoms with Crippen molar-refractivity contribution < 1.29 is 9.53 Å². The van der Waals surface area contributed by atoms with Crippen molar-refractivity contribution in [2.75, 3.05) is 11.9 Å². The third-order valence-electron chi connectivity index (χ3n) is 3.31. The molecule has 0 saturated heterocycles. The maximum absolute atomic E-state index is 11.3. The minimum absolute atomic E-state index is 0.00901. The molecule has 1 amide bonds. The fourth-order valence-electron chi connectivity index (χ4n) is 2.33. The summed E-state index contributed by atoms with van der Waals surface area (Å²) in [4.78, 5) is 15.5. The Kier molecular flexibility index (Phi) is 2.53. The first-order chi connectivity index (χ1) is 10.3. The van der Waals surface area contributed by atoms with E-state index in [2.05, 4.69) is 20.5 Å². The molecule has 1 N–H and O–H groups in total. The zero-order valence-corrected chi connectivity index (χ0v) is 10.9. The number of pyridine rings is 1. The lowest BCUT2D eigenvalue weighted by Crippen LogP contribution is -2.26. The molecule has 0 bridgehead atoms. The van der Waals surface area contributed by atoms with E-state index >= 15 is 0 Å². The first-order valence-corrected chi connectivity index (χ1v) is 6.45. The summed E-state index contributed by atoms with van der Waals surface area (Å²) in [6.07, 6.45) is 3.53. The number of carbonyl (C=O) groups is 1. The maximum Gasteiger partial charge on any atom is 0.263 e. The van der Waals surface area contributed by atoms with Crippen LogP contribution in [-0.4, -0.2) is 27.7 Å². The van der Waals surface area contributed by atoms with Crippen molar-refractivity contribution in [3.8, 4) is 16.9 Å². The minimum Gasteiger partial charge on any atom is -0.479 e. The lowest BCUT2D eigenvalue weighted by Gasteiger charge is -2.17. The van der Waals surface area contributed by atoms with Crippen LogP contribution in [0.5, 0.6) is 5.75 Å². The van der Waals surface area contributed by atoms with Crippen molar-refractivity contribution in [2.24, 2.45) is 0 Å². The third kappa shape index (κ3) is 1.97. The van der Waals surface area contributed by atoms with Gasteiger partial charge in [0.15, 0.2) is 18.2 Å².